The minimum absolute atomic E-state index is 0.00838. The van der Waals surface area contributed by atoms with Gasteiger partial charge in [0.1, 0.15) is 0 Å². The first kappa shape index (κ1) is 24.2. The topological polar surface area (TPSA) is 106 Å². The Hall–Kier alpha value is -3.89. The molecule has 0 bridgehead atoms. The number of aromatic nitrogens is 2. The molecule has 0 unspecified atom stereocenters. The number of carbonyl (C=O) groups excluding carboxylic acids is 2. The van der Waals surface area contributed by atoms with E-state index < -0.39 is 17.2 Å². The fraction of sp³-hybridized carbons (Fsp3) is 0.333. The maximum absolute atomic E-state index is 13.3. The number of Topliss-reactive ketones (excluding diaryl/α,β-unsaturated/α-hetero) is 1. The summed E-state index contributed by atoms with van der Waals surface area (Å²) in [6.07, 6.45) is -1.96. The van der Waals surface area contributed by atoms with Gasteiger partial charge in [-0.15, -0.1) is 0 Å². The van der Waals surface area contributed by atoms with E-state index in [1.807, 2.05) is 0 Å². The number of aryl methyl sites for hydroxylation is 1. The summed E-state index contributed by atoms with van der Waals surface area (Å²) in [5, 5.41) is 9.12. The first-order chi connectivity index (χ1) is 16.6. The summed E-state index contributed by atoms with van der Waals surface area (Å²) in [4.78, 5) is 29.4. The SMILES string of the molecule is COc1cc(C(=O)CC2(C(=O)NCc3ccc(Nc4ccc(C)cc4C(F)(F)F)cn3)CC2)on1. The third kappa shape index (κ3) is 5.61. The van der Waals surface area contributed by atoms with Gasteiger partial charge < -0.3 is 19.9 Å². The highest BCUT2D eigenvalue weighted by Crippen LogP contribution is 2.49. The lowest BCUT2D eigenvalue weighted by molar-refractivity contribution is -0.137. The molecule has 3 aromatic rings. The van der Waals surface area contributed by atoms with Crippen LogP contribution >= 0.6 is 0 Å². The van der Waals surface area contributed by atoms with Gasteiger partial charge in [-0.1, -0.05) is 11.6 Å². The van der Waals surface area contributed by atoms with E-state index in [9.17, 15) is 22.8 Å². The maximum atomic E-state index is 13.3. The molecule has 184 valence electrons. The molecule has 11 heteroatoms. The summed E-state index contributed by atoms with van der Waals surface area (Å²) >= 11 is 0. The van der Waals surface area contributed by atoms with E-state index in [1.165, 1.54) is 25.4 Å². The summed E-state index contributed by atoms with van der Waals surface area (Å²) < 4.78 is 49.9. The van der Waals surface area contributed by atoms with E-state index in [0.29, 0.717) is 29.8 Å². The van der Waals surface area contributed by atoms with Crippen molar-refractivity contribution in [3.63, 3.8) is 0 Å². The van der Waals surface area contributed by atoms with Crippen molar-refractivity contribution in [2.45, 2.75) is 38.9 Å². The Labute approximate surface area is 198 Å². The monoisotopic (exact) mass is 488 g/mol. The molecule has 0 spiro atoms. The summed E-state index contributed by atoms with van der Waals surface area (Å²) in [7, 11) is 1.40. The van der Waals surface area contributed by atoms with E-state index in [0.717, 1.165) is 6.07 Å². The molecule has 2 heterocycles. The van der Waals surface area contributed by atoms with E-state index in [4.69, 9.17) is 9.26 Å². The lowest BCUT2D eigenvalue weighted by Gasteiger charge is -2.16. The first-order valence-electron chi connectivity index (χ1n) is 10.8. The molecule has 8 nitrogen and oxygen atoms in total. The molecule has 1 aliphatic carbocycles. The quantitative estimate of drug-likeness (QED) is 0.416. The molecule has 0 atom stereocenters. The number of ether oxygens (including phenoxy) is 1. The number of nitrogens with one attached hydrogen (secondary N) is 2. The number of amides is 1. The molecule has 0 radical (unpaired) electrons. The molecule has 0 saturated heterocycles. The number of hydrogen-bond acceptors (Lipinski definition) is 7. The number of rotatable bonds is 9. The Bertz CT molecular complexity index is 1230. The van der Waals surface area contributed by atoms with Gasteiger partial charge in [0.2, 0.25) is 17.5 Å². The van der Waals surface area contributed by atoms with E-state index >= 15 is 0 Å². The van der Waals surface area contributed by atoms with Crippen molar-refractivity contribution in [3.8, 4) is 5.88 Å². The Morgan fingerprint density at radius 3 is 2.54 bits per heavy atom. The average molecular weight is 488 g/mol. The molecular weight excluding hydrogens is 465 g/mol. The Morgan fingerprint density at radius 1 is 1.17 bits per heavy atom. The molecule has 1 amide bonds. The number of ketones is 1. The predicted molar refractivity (Wildman–Crippen MR) is 119 cm³/mol. The Balaban J connectivity index is 1.34. The zero-order valence-corrected chi connectivity index (χ0v) is 19.0. The summed E-state index contributed by atoms with van der Waals surface area (Å²) in [5.41, 5.74) is -0.231. The second-order valence-electron chi connectivity index (χ2n) is 8.51. The van der Waals surface area contributed by atoms with Crippen LogP contribution in [0.4, 0.5) is 24.5 Å². The Kier molecular flexibility index (Phi) is 6.51. The number of carbonyl (C=O) groups is 2. The summed E-state index contributed by atoms with van der Waals surface area (Å²) in [6, 6.07) is 8.61. The molecule has 0 aliphatic heterocycles. The highest BCUT2D eigenvalue weighted by Gasteiger charge is 2.51. The second kappa shape index (κ2) is 9.40. The van der Waals surface area contributed by atoms with Gasteiger partial charge in [0.15, 0.2) is 0 Å². The van der Waals surface area contributed by atoms with Gasteiger partial charge in [-0.25, -0.2) is 0 Å². The molecule has 2 N–H and O–H groups in total. The van der Waals surface area contributed by atoms with Crippen LogP contribution in [0.15, 0.2) is 47.1 Å². The number of benzene rings is 1. The molecule has 1 saturated carbocycles. The van der Waals surface area contributed by atoms with Crippen LogP contribution in [0.3, 0.4) is 0 Å². The highest BCUT2D eigenvalue weighted by molar-refractivity contribution is 5.99. The van der Waals surface area contributed by atoms with Crippen LogP contribution in [-0.2, 0) is 17.5 Å². The van der Waals surface area contributed by atoms with Gasteiger partial charge >= 0.3 is 6.18 Å². The van der Waals surface area contributed by atoms with Crippen molar-refractivity contribution in [2.24, 2.45) is 5.41 Å². The minimum Gasteiger partial charge on any atom is -0.479 e. The van der Waals surface area contributed by atoms with Crippen molar-refractivity contribution in [3.05, 3.63) is 65.2 Å². The van der Waals surface area contributed by atoms with Crippen LogP contribution in [0.2, 0.25) is 0 Å². The van der Waals surface area contributed by atoms with Crippen LogP contribution in [-0.4, -0.2) is 28.9 Å². The van der Waals surface area contributed by atoms with Gasteiger partial charge in [0, 0.05) is 6.42 Å². The summed E-state index contributed by atoms with van der Waals surface area (Å²) in [6.45, 7) is 1.71. The van der Waals surface area contributed by atoms with Crippen molar-refractivity contribution < 1.29 is 32.0 Å². The molecule has 1 aliphatic rings. The Morgan fingerprint density at radius 2 is 1.94 bits per heavy atom. The second-order valence-corrected chi connectivity index (χ2v) is 8.51. The van der Waals surface area contributed by atoms with Crippen LogP contribution in [0.1, 0.15) is 46.6 Å². The van der Waals surface area contributed by atoms with Crippen LogP contribution in [0, 0.1) is 12.3 Å². The summed E-state index contributed by atoms with van der Waals surface area (Å²) in [5.74, 6) is -0.385. The molecule has 1 aromatic carbocycles. The van der Waals surface area contributed by atoms with E-state index in [-0.39, 0.29) is 42.0 Å². The van der Waals surface area contributed by atoms with Crippen LogP contribution in [0.5, 0.6) is 5.88 Å². The van der Waals surface area contributed by atoms with Gasteiger partial charge in [-0.3, -0.25) is 14.6 Å². The number of hydrogen-bond donors (Lipinski definition) is 2. The van der Waals surface area contributed by atoms with Crippen LogP contribution in [0.25, 0.3) is 0 Å². The molecular formula is C24H23F3N4O4. The van der Waals surface area contributed by atoms with Gasteiger partial charge in [-0.2, -0.15) is 13.2 Å². The number of nitrogens with zero attached hydrogens (tertiary/aromatic N) is 2. The van der Waals surface area contributed by atoms with Gasteiger partial charge in [0.05, 0.1) is 54.0 Å². The van der Waals surface area contributed by atoms with Crippen molar-refractivity contribution >= 4 is 23.1 Å². The zero-order chi connectivity index (χ0) is 25.2. The lowest BCUT2D eigenvalue weighted by atomic mass is 9.97. The predicted octanol–water partition coefficient (Wildman–Crippen LogP) is 4.82. The molecule has 4 rings (SSSR count). The highest BCUT2D eigenvalue weighted by atomic mass is 19.4. The van der Waals surface area contributed by atoms with Gasteiger partial charge in [0.25, 0.3) is 5.88 Å². The first-order valence-corrected chi connectivity index (χ1v) is 10.8. The molecule has 35 heavy (non-hydrogen) atoms. The van der Waals surface area contributed by atoms with E-state index in [2.05, 4.69) is 20.8 Å². The average Bonchev–Trinajstić information content (AvgIpc) is 3.44. The van der Waals surface area contributed by atoms with Crippen molar-refractivity contribution in [1.82, 2.24) is 15.5 Å². The number of pyridine rings is 1. The fourth-order valence-corrected chi connectivity index (χ4v) is 3.63. The van der Waals surface area contributed by atoms with Crippen molar-refractivity contribution in [1.29, 1.82) is 0 Å². The third-order valence-electron chi connectivity index (χ3n) is 5.82. The van der Waals surface area contributed by atoms with E-state index in [1.54, 1.807) is 25.1 Å². The molecule has 2 aromatic heterocycles. The fourth-order valence-electron chi connectivity index (χ4n) is 3.63. The number of alkyl halides is 3. The number of methoxy groups -OCH3 is 1. The van der Waals surface area contributed by atoms with Gasteiger partial charge in [-0.05, 0) is 49.2 Å². The molecule has 1 fully saturated rings. The number of anilines is 2. The lowest BCUT2D eigenvalue weighted by Crippen LogP contribution is -2.33. The normalized spacial score (nSPS) is 14.3. The minimum atomic E-state index is -4.49. The van der Waals surface area contributed by atoms with Crippen molar-refractivity contribution in [2.75, 3.05) is 12.4 Å². The number of halogens is 3. The largest absolute Gasteiger partial charge is 0.479 e. The van der Waals surface area contributed by atoms with Crippen LogP contribution < -0.4 is 15.4 Å². The zero-order valence-electron chi connectivity index (χ0n) is 19.0. The third-order valence-corrected chi connectivity index (χ3v) is 5.82. The smallest absolute Gasteiger partial charge is 0.418 e. The standard InChI is InChI=1S/C24H23F3N4O4/c1-14-3-6-18(17(9-14)24(25,26)27)30-16-5-4-15(28-13-16)12-29-22(33)23(7-8-23)11-19(32)20-10-21(34-2)31-35-20/h3-6,9-10,13,30H,7-8,11-12H2,1-2H3,(H,29,33). The maximum Gasteiger partial charge on any atom is 0.418 e.